The van der Waals surface area contributed by atoms with Crippen LogP contribution in [0.25, 0.3) is 5.57 Å². The second-order valence-electron chi connectivity index (χ2n) is 5.81. The first-order chi connectivity index (χ1) is 11.7. The first kappa shape index (κ1) is 15.4. The summed E-state index contributed by atoms with van der Waals surface area (Å²) in [4.78, 5) is 16.1. The fraction of sp³-hybridized carbons (Fsp3) is 0.158. The van der Waals surface area contributed by atoms with Gasteiger partial charge in [0.15, 0.2) is 5.11 Å². The van der Waals surface area contributed by atoms with Crippen LogP contribution in [0.4, 0.5) is 5.69 Å². The van der Waals surface area contributed by atoms with Crippen molar-refractivity contribution in [1.82, 2.24) is 5.32 Å². The van der Waals surface area contributed by atoms with E-state index in [0.29, 0.717) is 5.11 Å². The van der Waals surface area contributed by atoms with E-state index in [9.17, 15) is 4.79 Å². The molecule has 2 heterocycles. The van der Waals surface area contributed by atoms with Crippen LogP contribution in [-0.4, -0.2) is 16.4 Å². The number of amides is 1. The van der Waals surface area contributed by atoms with Crippen LogP contribution in [0, 0.1) is 5.92 Å². The molecule has 1 amide bonds. The van der Waals surface area contributed by atoms with Crippen LogP contribution in [0.15, 0.2) is 65.6 Å². The van der Waals surface area contributed by atoms with E-state index in [2.05, 4.69) is 24.4 Å². The lowest BCUT2D eigenvalue weighted by Crippen LogP contribution is -2.58. The third-order valence-corrected chi connectivity index (χ3v) is 5.87. The molecule has 120 valence electrons. The number of hydrogen-bond acceptors (Lipinski definition) is 3. The second kappa shape index (κ2) is 6.07. The number of nitrogens with one attached hydrogen (secondary N) is 1. The molecule has 0 saturated carbocycles. The minimum atomic E-state index is -0.232. The number of anilines is 1. The van der Waals surface area contributed by atoms with Crippen LogP contribution in [0.1, 0.15) is 12.5 Å². The predicted octanol–water partition coefficient (Wildman–Crippen LogP) is 4.03. The monoisotopic (exact) mass is 352 g/mol. The van der Waals surface area contributed by atoms with Gasteiger partial charge in [-0.05, 0) is 47.3 Å². The summed E-state index contributed by atoms with van der Waals surface area (Å²) in [6, 6.07) is 19.7. The van der Waals surface area contributed by atoms with Crippen LogP contribution >= 0.6 is 24.0 Å². The van der Waals surface area contributed by atoms with Crippen molar-refractivity contribution in [3.63, 3.8) is 0 Å². The Morgan fingerprint density at radius 1 is 1.04 bits per heavy atom. The van der Waals surface area contributed by atoms with Gasteiger partial charge in [0, 0.05) is 0 Å². The van der Waals surface area contributed by atoms with Crippen molar-refractivity contribution in [2.24, 2.45) is 5.92 Å². The first-order valence-corrected chi connectivity index (χ1v) is 9.08. The average Bonchev–Trinajstić information content (AvgIpc) is 2.92. The van der Waals surface area contributed by atoms with Crippen LogP contribution in [0.5, 0.6) is 0 Å². The zero-order valence-corrected chi connectivity index (χ0v) is 14.7. The molecular formula is C19H16N2OS2. The van der Waals surface area contributed by atoms with Crippen molar-refractivity contribution in [2.45, 2.75) is 12.3 Å². The minimum Gasteiger partial charge on any atom is -0.349 e. The van der Waals surface area contributed by atoms with E-state index in [1.165, 1.54) is 4.91 Å². The Kier molecular flexibility index (Phi) is 3.90. The molecule has 4 rings (SSSR count). The Bertz CT molecular complexity index is 833. The highest BCUT2D eigenvalue weighted by atomic mass is 32.2. The molecule has 5 heteroatoms. The fourth-order valence-corrected chi connectivity index (χ4v) is 5.01. The van der Waals surface area contributed by atoms with E-state index in [-0.39, 0.29) is 17.2 Å². The third-order valence-electron chi connectivity index (χ3n) is 4.35. The summed E-state index contributed by atoms with van der Waals surface area (Å²) < 4.78 is 0. The van der Waals surface area contributed by atoms with Crippen LogP contribution < -0.4 is 10.2 Å². The molecule has 3 nitrogen and oxygen atoms in total. The number of rotatable bonds is 2. The van der Waals surface area contributed by atoms with Crippen molar-refractivity contribution in [1.29, 1.82) is 0 Å². The minimum absolute atomic E-state index is 0.0276. The molecule has 0 aromatic heterocycles. The Labute approximate surface area is 150 Å². The Balaban J connectivity index is 1.76. The lowest BCUT2D eigenvalue weighted by atomic mass is 9.89. The van der Waals surface area contributed by atoms with Gasteiger partial charge in [0.25, 0.3) is 0 Å². The topological polar surface area (TPSA) is 32.3 Å². The van der Waals surface area contributed by atoms with Gasteiger partial charge in [-0.1, -0.05) is 48.5 Å². The van der Waals surface area contributed by atoms with E-state index < -0.39 is 0 Å². The lowest BCUT2D eigenvalue weighted by Gasteiger charge is -2.36. The maximum absolute atomic E-state index is 13.3. The molecule has 2 aliphatic heterocycles. The maximum Gasteiger partial charge on any atom is 0.243 e. The van der Waals surface area contributed by atoms with Crippen LogP contribution in [-0.2, 0) is 4.79 Å². The molecule has 0 aliphatic carbocycles. The van der Waals surface area contributed by atoms with Gasteiger partial charge in [-0.3, -0.25) is 9.69 Å². The van der Waals surface area contributed by atoms with Gasteiger partial charge < -0.3 is 5.32 Å². The van der Waals surface area contributed by atoms with Gasteiger partial charge >= 0.3 is 0 Å². The van der Waals surface area contributed by atoms with Crippen molar-refractivity contribution in [3.05, 3.63) is 71.1 Å². The molecule has 1 N–H and O–H groups in total. The van der Waals surface area contributed by atoms with Crippen LogP contribution in [0.2, 0.25) is 0 Å². The number of benzene rings is 2. The standard InChI is InChI=1S/C19H16N2OS2/c1-12-15(13-8-4-2-5-9-13)16-17(24-12)20-19(23)21(18(16)22)14-10-6-3-7-11-14/h2-11,16-17H,1H3,(H,20,23). The number of thiocarbonyl (C=S) groups is 1. The zero-order valence-electron chi connectivity index (χ0n) is 13.1. The van der Waals surface area contributed by atoms with Gasteiger partial charge in [0.05, 0.1) is 17.0 Å². The highest BCUT2D eigenvalue weighted by Crippen LogP contribution is 2.48. The number of carbonyl (C=O) groups is 1. The molecule has 2 aliphatic rings. The van der Waals surface area contributed by atoms with Gasteiger partial charge in [0.1, 0.15) is 0 Å². The largest absolute Gasteiger partial charge is 0.349 e. The highest BCUT2D eigenvalue weighted by molar-refractivity contribution is 8.04. The smallest absolute Gasteiger partial charge is 0.243 e. The van der Waals surface area contributed by atoms with Gasteiger partial charge in [0.2, 0.25) is 5.91 Å². The SMILES string of the molecule is CC1=C(c2ccccc2)C2C(=O)N(c3ccccc3)C(=S)NC2S1. The van der Waals surface area contributed by atoms with Crippen molar-refractivity contribution >= 4 is 46.3 Å². The van der Waals surface area contributed by atoms with E-state index >= 15 is 0 Å². The fourth-order valence-electron chi connectivity index (χ4n) is 3.31. The Morgan fingerprint density at radius 3 is 2.33 bits per heavy atom. The Morgan fingerprint density at radius 2 is 1.67 bits per heavy atom. The molecule has 0 bridgehead atoms. The molecule has 1 fully saturated rings. The summed E-state index contributed by atoms with van der Waals surface area (Å²) in [6.45, 7) is 2.08. The molecule has 0 radical (unpaired) electrons. The summed E-state index contributed by atoms with van der Waals surface area (Å²) in [6.07, 6.45) is 0. The number of carbonyl (C=O) groups excluding carboxylic acids is 1. The molecule has 0 spiro atoms. The quantitative estimate of drug-likeness (QED) is 0.827. The zero-order chi connectivity index (χ0) is 16.7. The van der Waals surface area contributed by atoms with Gasteiger partial charge in [-0.15, -0.1) is 11.8 Å². The van der Waals surface area contributed by atoms with Crippen molar-refractivity contribution in [3.8, 4) is 0 Å². The molecule has 1 saturated heterocycles. The third kappa shape index (κ3) is 2.44. The van der Waals surface area contributed by atoms with E-state index in [0.717, 1.165) is 16.8 Å². The number of fused-ring (bicyclic) bond motifs is 1. The Hall–Kier alpha value is -2.11. The summed E-state index contributed by atoms with van der Waals surface area (Å²) >= 11 is 7.16. The predicted molar refractivity (Wildman–Crippen MR) is 104 cm³/mol. The molecule has 2 atom stereocenters. The first-order valence-electron chi connectivity index (χ1n) is 7.79. The summed E-state index contributed by atoms with van der Waals surface area (Å²) in [5.74, 6) is -0.192. The van der Waals surface area contributed by atoms with Crippen LogP contribution in [0.3, 0.4) is 0 Å². The second-order valence-corrected chi connectivity index (χ2v) is 7.55. The van der Waals surface area contributed by atoms with Crippen molar-refractivity contribution < 1.29 is 4.79 Å². The lowest BCUT2D eigenvalue weighted by molar-refractivity contribution is -0.120. The summed E-state index contributed by atoms with van der Waals surface area (Å²) in [5, 5.41) is 3.79. The average molecular weight is 352 g/mol. The number of hydrogen-bond donors (Lipinski definition) is 1. The molecule has 24 heavy (non-hydrogen) atoms. The molecule has 2 aromatic carbocycles. The van der Waals surface area contributed by atoms with E-state index in [4.69, 9.17) is 12.2 Å². The van der Waals surface area contributed by atoms with Gasteiger partial charge in [-0.25, -0.2) is 0 Å². The van der Waals surface area contributed by atoms with E-state index in [1.807, 2.05) is 48.5 Å². The summed E-state index contributed by atoms with van der Waals surface area (Å²) in [7, 11) is 0. The number of para-hydroxylation sites is 1. The van der Waals surface area contributed by atoms with E-state index in [1.54, 1.807) is 16.7 Å². The normalized spacial score (nSPS) is 23.3. The molecule has 2 aromatic rings. The number of nitrogens with zero attached hydrogens (tertiary/aromatic N) is 1. The molecular weight excluding hydrogens is 336 g/mol. The van der Waals surface area contributed by atoms with Crippen molar-refractivity contribution in [2.75, 3.05) is 4.90 Å². The number of thioether (sulfide) groups is 1. The summed E-state index contributed by atoms with van der Waals surface area (Å²) in [5.41, 5.74) is 3.01. The van der Waals surface area contributed by atoms with Gasteiger partial charge in [-0.2, -0.15) is 0 Å². The highest BCUT2D eigenvalue weighted by Gasteiger charge is 2.47. The maximum atomic E-state index is 13.3. The number of allylic oxidation sites excluding steroid dienone is 1. The molecule has 2 unspecified atom stereocenters.